The van der Waals surface area contributed by atoms with Crippen LogP contribution in [0.25, 0.3) is 0 Å². The van der Waals surface area contributed by atoms with Crippen molar-refractivity contribution in [1.82, 2.24) is 15.0 Å². The van der Waals surface area contributed by atoms with Gasteiger partial charge in [0.2, 0.25) is 0 Å². The van der Waals surface area contributed by atoms with Crippen molar-refractivity contribution in [2.24, 2.45) is 0 Å². The highest BCUT2D eigenvalue weighted by Crippen LogP contribution is 2.22. The number of halogens is 1. The van der Waals surface area contributed by atoms with Gasteiger partial charge in [0, 0.05) is 18.0 Å². The van der Waals surface area contributed by atoms with E-state index in [0.717, 1.165) is 11.3 Å². The van der Waals surface area contributed by atoms with Gasteiger partial charge in [-0.15, -0.1) is 0 Å². The zero-order chi connectivity index (χ0) is 13.0. The number of aliphatic hydroxyl groups excluding tert-OH is 1. The Morgan fingerprint density at radius 1 is 1.39 bits per heavy atom. The first-order chi connectivity index (χ1) is 8.69. The number of aliphatic hydroxyl groups is 1. The zero-order valence-corrected chi connectivity index (χ0v) is 10.9. The largest absolute Gasteiger partial charge is 0.392 e. The molecule has 0 bridgehead atoms. The van der Waals surface area contributed by atoms with Crippen LogP contribution in [0.3, 0.4) is 0 Å². The second-order valence-corrected chi connectivity index (χ2v) is 4.78. The molecule has 2 aromatic heterocycles. The molecule has 3 N–H and O–H groups in total. The lowest BCUT2D eigenvalue weighted by molar-refractivity contribution is 0.280. The average molecular weight is 283 g/mol. The van der Waals surface area contributed by atoms with E-state index in [9.17, 15) is 5.11 Å². The number of anilines is 1. The molecule has 0 unspecified atom stereocenters. The van der Waals surface area contributed by atoms with Crippen LogP contribution in [0.1, 0.15) is 11.3 Å². The van der Waals surface area contributed by atoms with Crippen molar-refractivity contribution in [2.75, 3.05) is 5.73 Å². The van der Waals surface area contributed by atoms with Crippen LogP contribution in [-0.2, 0) is 12.4 Å². The number of thioether (sulfide) groups is 1. The summed E-state index contributed by atoms with van der Waals surface area (Å²) in [5.74, 6) is 0.886. The topological polar surface area (TPSA) is 84.9 Å². The molecule has 2 aromatic rings. The molecule has 2 rings (SSSR count). The number of hydrogen-bond donors (Lipinski definition) is 2. The monoisotopic (exact) mass is 282 g/mol. The summed E-state index contributed by atoms with van der Waals surface area (Å²) in [7, 11) is 0. The summed E-state index contributed by atoms with van der Waals surface area (Å²) in [6.07, 6.45) is 1.68. The Morgan fingerprint density at radius 3 is 2.94 bits per heavy atom. The molecule has 0 atom stereocenters. The van der Waals surface area contributed by atoms with Crippen molar-refractivity contribution in [3.63, 3.8) is 0 Å². The standard InChI is InChI=1S/C11H11ClN4OS/c12-9-4-10(13)16-11(15-9)18-6-8-7(5-17)2-1-3-14-8/h1-4,17H,5-6H2,(H2,13,15,16). The molecule has 2 heterocycles. The van der Waals surface area contributed by atoms with E-state index in [1.165, 1.54) is 17.8 Å². The molecule has 0 saturated carbocycles. The number of nitrogen functional groups attached to an aromatic ring is 1. The average Bonchev–Trinajstić information content (AvgIpc) is 2.35. The molecule has 0 aromatic carbocycles. The Bertz CT molecular complexity index is 532. The van der Waals surface area contributed by atoms with E-state index in [1.807, 2.05) is 6.07 Å². The van der Waals surface area contributed by atoms with Crippen molar-refractivity contribution in [3.05, 3.63) is 40.8 Å². The van der Waals surface area contributed by atoms with Crippen LogP contribution in [0.4, 0.5) is 5.82 Å². The van der Waals surface area contributed by atoms with E-state index in [-0.39, 0.29) is 6.61 Å². The molecule has 7 heteroatoms. The Hall–Kier alpha value is -1.37. The number of rotatable bonds is 4. The zero-order valence-electron chi connectivity index (χ0n) is 9.38. The number of aromatic nitrogens is 3. The molecule has 18 heavy (non-hydrogen) atoms. The van der Waals surface area contributed by atoms with Gasteiger partial charge in [0.1, 0.15) is 11.0 Å². The van der Waals surface area contributed by atoms with Crippen LogP contribution in [0, 0.1) is 0 Å². The quantitative estimate of drug-likeness (QED) is 0.506. The molecule has 0 aliphatic heterocycles. The van der Waals surface area contributed by atoms with Gasteiger partial charge < -0.3 is 10.8 Å². The van der Waals surface area contributed by atoms with Crippen LogP contribution in [0.15, 0.2) is 29.6 Å². The summed E-state index contributed by atoms with van der Waals surface area (Å²) in [6.45, 7) is -0.0394. The van der Waals surface area contributed by atoms with E-state index in [0.29, 0.717) is 21.9 Å². The van der Waals surface area contributed by atoms with E-state index in [2.05, 4.69) is 15.0 Å². The molecule has 0 fully saturated rings. The van der Waals surface area contributed by atoms with Gasteiger partial charge in [0.15, 0.2) is 5.16 Å². The summed E-state index contributed by atoms with van der Waals surface area (Å²) < 4.78 is 0. The van der Waals surface area contributed by atoms with Gasteiger partial charge in [0.25, 0.3) is 0 Å². The van der Waals surface area contributed by atoms with Crippen LogP contribution >= 0.6 is 23.4 Å². The van der Waals surface area contributed by atoms with Gasteiger partial charge in [-0.3, -0.25) is 4.98 Å². The normalized spacial score (nSPS) is 10.6. The lowest BCUT2D eigenvalue weighted by atomic mass is 10.2. The maximum Gasteiger partial charge on any atom is 0.191 e. The van der Waals surface area contributed by atoms with Crippen molar-refractivity contribution < 1.29 is 5.11 Å². The molecule has 0 aliphatic carbocycles. The maximum atomic E-state index is 9.18. The van der Waals surface area contributed by atoms with Crippen molar-refractivity contribution in [2.45, 2.75) is 17.5 Å². The van der Waals surface area contributed by atoms with Crippen LogP contribution in [0.5, 0.6) is 0 Å². The van der Waals surface area contributed by atoms with E-state index >= 15 is 0 Å². The molecular formula is C11H11ClN4OS. The Balaban J connectivity index is 2.11. The minimum Gasteiger partial charge on any atom is -0.392 e. The van der Waals surface area contributed by atoms with Gasteiger partial charge in [-0.25, -0.2) is 9.97 Å². The maximum absolute atomic E-state index is 9.18. The van der Waals surface area contributed by atoms with Crippen molar-refractivity contribution >= 4 is 29.2 Å². The molecule has 0 saturated heterocycles. The fraction of sp³-hybridized carbons (Fsp3) is 0.182. The fourth-order valence-corrected chi connectivity index (χ4v) is 2.46. The third-order valence-electron chi connectivity index (χ3n) is 2.19. The lowest BCUT2D eigenvalue weighted by Crippen LogP contribution is -1.98. The highest BCUT2D eigenvalue weighted by atomic mass is 35.5. The van der Waals surface area contributed by atoms with Gasteiger partial charge in [-0.2, -0.15) is 0 Å². The highest BCUT2D eigenvalue weighted by molar-refractivity contribution is 7.98. The number of nitrogens with two attached hydrogens (primary N) is 1. The molecular weight excluding hydrogens is 272 g/mol. The summed E-state index contributed by atoms with van der Waals surface area (Å²) in [6, 6.07) is 5.11. The number of hydrogen-bond acceptors (Lipinski definition) is 6. The predicted octanol–water partition coefficient (Wildman–Crippen LogP) is 1.89. The summed E-state index contributed by atoms with van der Waals surface area (Å²) in [5, 5.41) is 9.99. The lowest BCUT2D eigenvalue weighted by Gasteiger charge is -2.05. The Morgan fingerprint density at radius 2 is 2.22 bits per heavy atom. The van der Waals surface area contributed by atoms with Crippen molar-refractivity contribution in [1.29, 1.82) is 0 Å². The Labute approximate surface area is 113 Å². The smallest absolute Gasteiger partial charge is 0.191 e. The van der Waals surface area contributed by atoms with Crippen LogP contribution < -0.4 is 5.73 Å². The number of pyridine rings is 1. The summed E-state index contributed by atoms with van der Waals surface area (Å²) in [5.41, 5.74) is 7.17. The van der Waals surface area contributed by atoms with E-state index < -0.39 is 0 Å². The number of nitrogens with zero attached hydrogens (tertiary/aromatic N) is 3. The summed E-state index contributed by atoms with van der Waals surface area (Å²) >= 11 is 7.16. The van der Waals surface area contributed by atoms with E-state index in [1.54, 1.807) is 12.3 Å². The third kappa shape index (κ3) is 3.32. The fourth-order valence-electron chi connectivity index (χ4n) is 1.36. The first kappa shape index (κ1) is 13.1. The third-order valence-corrected chi connectivity index (χ3v) is 3.24. The first-order valence-corrected chi connectivity index (χ1v) is 6.52. The van der Waals surface area contributed by atoms with Gasteiger partial charge >= 0.3 is 0 Å². The summed E-state index contributed by atoms with van der Waals surface area (Å²) in [4.78, 5) is 12.3. The second-order valence-electron chi connectivity index (χ2n) is 3.45. The molecule has 0 aliphatic rings. The second kappa shape index (κ2) is 5.99. The van der Waals surface area contributed by atoms with Gasteiger partial charge in [-0.1, -0.05) is 29.4 Å². The predicted molar refractivity (Wildman–Crippen MR) is 71.2 cm³/mol. The van der Waals surface area contributed by atoms with Crippen LogP contribution in [-0.4, -0.2) is 20.1 Å². The minimum absolute atomic E-state index is 0.0394. The molecule has 0 radical (unpaired) electrons. The Kier molecular flexibility index (Phi) is 4.35. The van der Waals surface area contributed by atoms with Gasteiger partial charge in [-0.05, 0) is 11.6 Å². The first-order valence-electron chi connectivity index (χ1n) is 5.15. The highest BCUT2D eigenvalue weighted by Gasteiger charge is 2.06. The van der Waals surface area contributed by atoms with Gasteiger partial charge in [0.05, 0.1) is 12.3 Å². The SMILES string of the molecule is Nc1cc(Cl)nc(SCc2ncccc2CO)n1. The van der Waals surface area contributed by atoms with Crippen LogP contribution in [0.2, 0.25) is 5.15 Å². The minimum atomic E-state index is -0.0394. The van der Waals surface area contributed by atoms with Crippen molar-refractivity contribution in [3.8, 4) is 0 Å². The molecule has 0 spiro atoms. The molecule has 94 valence electrons. The van der Waals surface area contributed by atoms with E-state index in [4.69, 9.17) is 17.3 Å². The molecule has 0 amide bonds. The molecule has 5 nitrogen and oxygen atoms in total.